The van der Waals surface area contributed by atoms with Gasteiger partial charge in [-0.1, -0.05) is 20.8 Å². The van der Waals surface area contributed by atoms with Gasteiger partial charge < -0.3 is 11.1 Å². The standard InChI is InChI=1S/C10H22N2O/c1-5-8(11)9(13)12-10(4,6-2)7-3/h8H,5-7,11H2,1-4H3,(H,12,13)/t8-/m0/s1. The third-order valence-electron chi connectivity index (χ3n) is 2.76. The Balaban J connectivity index is 4.17. The minimum Gasteiger partial charge on any atom is -0.350 e. The molecule has 78 valence electrons. The van der Waals surface area contributed by atoms with E-state index in [-0.39, 0.29) is 17.5 Å². The number of carbonyl (C=O) groups excluding carboxylic acids is 1. The van der Waals surface area contributed by atoms with E-state index in [4.69, 9.17) is 5.73 Å². The molecule has 0 aromatic carbocycles. The maximum absolute atomic E-state index is 11.5. The van der Waals surface area contributed by atoms with E-state index >= 15 is 0 Å². The summed E-state index contributed by atoms with van der Waals surface area (Å²) in [5.41, 5.74) is 5.53. The van der Waals surface area contributed by atoms with Crippen molar-refractivity contribution < 1.29 is 4.79 Å². The van der Waals surface area contributed by atoms with E-state index in [9.17, 15) is 4.79 Å². The number of hydrogen-bond donors (Lipinski definition) is 2. The molecule has 1 atom stereocenters. The molecule has 0 saturated heterocycles. The van der Waals surface area contributed by atoms with E-state index in [0.29, 0.717) is 6.42 Å². The lowest BCUT2D eigenvalue weighted by Gasteiger charge is -2.29. The molecule has 3 nitrogen and oxygen atoms in total. The highest BCUT2D eigenvalue weighted by atomic mass is 16.2. The van der Waals surface area contributed by atoms with E-state index in [2.05, 4.69) is 19.2 Å². The lowest BCUT2D eigenvalue weighted by Crippen LogP contribution is -2.51. The summed E-state index contributed by atoms with van der Waals surface area (Å²) in [7, 11) is 0. The number of carbonyl (C=O) groups is 1. The van der Waals surface area contributed by atoms with E-state index in [1.54, 1.807) is 0 Å². The summed E-state index contributed by atoms with van der Waals surface area (Å²) in [5.74, 6) is -0.0336. The van der Waals surface area contributed by atoms with Gasteiger partial charge in [0.15, 0.2) is 0 Å². The van der Waals surface area contributed by atoms with E-state index in [1.807, 2.05) is 13.8 Å². The van der Waals surface area contributed by atoms with Gasteiger partial charge >= 0.3 is 0 Å². The minimum absolute atomic E-state index is 0.0336. The Morgan fingerprint density at radius 3 is 2.15 bits per heavy atom. The third-order valence-corrected chi connectivity index (χ3v) is 2.76. The van der Waals surface area contributed by atoms with Crippen molar-refractivity contribution in [3.63, 3.8) is 0 Å². The molecule has 0 aromatic heterocycles. The van der Waals surface area contributed by atoms with Crippen LogP contribution < -0.4 is 11.1 Å². The Hall–Kier alpha value is -0.570. The van der Waals surface area contributed by atoms with Crippen LogP contribution in [0.1, 0.15) is 47.0 Å². The molecule has 0 unspecified atom stereocenters. The summed E-state index contributed by atoms with van der Waals surface area (Å²) in [5, 5.41) is 2.98. The minimum atomic E-state index is -0.363. The first-order valence-corrected chi connectivity index (χ1v) is 5.06. The summed E-state index contributed by atoms with van der Waals surface area (Å²) in [6.07, 6.45) is 2.56. The smallest absolute Gasteiger partial charge is 0.237 e. The molecule has 0 rings (SSSR count). The maximum Gasteiger partial charge on any atom is 0.237 e. The van der Waals surface area contributed by atoms with Gasteiger partial charge in [0.1, 0.15) is 0 Å². The highest BCUT2D eigenvalue weighted by Gasteiger charge is 2.23. The first-order valence-electron chi connectivity index (χ1n) is 5.06. The molecule has 0 spiro atoms. The van der Waals surface area contributed by atoms with Gasteiger partial charge in [-0.2, -0.15) is 0 Å². The third kappa shape index (κ3) is 3.77. The molecule has 0 fully saturated rings. The highest BCUT2D eigenvalue weighted by molar-refractivity contribution is 5.82. The monoisotopic (exact) mass is 186 g/mol. The van der Waals surface area contributed by atoms with Crippen LogP contribution in [0.3, 0.4) is 0 Å². The van der Waals surface area contributed by atoms with Crippen LogP contribution in [0.5, 0.6) is 0 Å². The van der Waals surface area contributed by atoms with Gasteiger partial charge in [0, 0.05) is 5.54 Å². The first-order chi connectivity index (χ1) is 5.99. The molecular weight excluding hydrogens is 164 g/mol. The molecule has 0 aliphatic rings. The van der Waals surface area contributed by atoms with Crippen LogP contribution in [0.15, 0.2) is 0 Å². The Kier molecular flexibility index (Phi) is 4.99. The number of hydrogen-bond acceptors (Lipinski definition) is 2. The lowest BCUT2D eigenvalue weighted by molar-refractivity contribution is -0.124. The molecule has 0 aliphatic heterocycles. The maximum atomic E-state index is 11.5. The second kappa shape index (κ2) is 5.22. The van der Waals surface area contributed by atoms with E-state index in [1.165, 1.54) is 0 Å². The zero-order valence-corrected chi connectivity index (χ0v) is 9.18. The summed E-state index contributed by atoms with van der Waals surface area (Å²) >= 11 is 0. The quantitative estimate of drug-likeness (QED) is 0.682. The molecule has 3 N–H and O–H groups in total. The van der Waals surface area contributed by atoms with Crippen LogP contribution in [0.25, 0.3) is 0 Å². The van der Waals surface area contributed by atoms with Crippen molar-refractivity contribution in [2.24, 2.45) is 5.73 Å². The predicted molar refractivity (Wildman–Crippen MR) is 55.4 cm³/mol. The number of amides is 1. The second-order valence-corrected chi connectivity index (χ2v) is 3.77. The summed E-state index contributed by atoms with van der Waals surface area (Å²) in [6.45, 7) is 8.11. The van der Waals surface area contributed by atoms with Crippen molar-refractivity contribution in [1.29, 1.82) is 0 Å². The van der Waals surface area contributed by atoms with Crippen molar-refractivity contribution in [1.82, 2.24) is 5.32 Å². The van der Waals surface area contributed by atoms with Gasteiger partial charge in [0.2, 0.25) is 5.91 Å². The van der Waals surface area contributed by atoms with Gasteiger partial charge in [-0.05, 0) is 26.2 Å². The van der Waals surface area contributed by atoms with Gasteiger partial charge in [-0.3, -0.25) is 4.79 Å². The molecular formula is C10H22N2O. The van der Waals surface area contributed by atoms with Crippen LogP contribution in [-0.2, 0) is 4.79 Å². The van der Waals surface area contributed by atoms with Crippen LogP contribution >= 0.6 is 0 Å². The second-order valence-electron chi connectivity index (χ2n) is 3.77. The van der Waals surface area contributed by atoms with Crippen molar-refractivity contribution in [2.75, 3.05) is 0 Å². The Labute approximate surface area is 81.1 Å². The highest BCUT2D eigenvalue weighted by Crippen LogP contribution is 2.13. The summed E-state index contributed by atoms with van der Waals surface area (Å²) < 4.78 is 0. The van der Waals surface area contributed by atoms with Gasteiger partial charge in [-0.15, -0.1) is 0 Å². The number of nitrogens with one attached hydrogen (secondary N) is 1. The molecule has 1 amide bonds. The Morgan fingerprint density at radius 2 is 1.85 bits per heavy atom. The summed E-state index contributed by atoms with van der Waals surface area (Å²) in [6, 6.07) is -0.363. The van der Waals surface area contributed by atoms with Crippen molar-refractivity contribution in [3.8, 4) is 0 Å². The van der Waals surface area contributed by atoms with E-state index in [0.717, 1.165) is 12.8 Å². The zero-order chi connectivity index (χ0) is 10.5. The van der Waals surface area contributed by atoms with Gasteiger partial charge in [0.25, 0.3) is 0 Å². The van der Waals surface area contributed by atoms with Crippen molar-refractivity contribution in [2.45, 2.75) is 58.5 Å². The van der Waals surface area contributed by atoms with Gasteiger partial charge in [-0.25, -0.2) is 0 Å². The fourth-order valence-electron chi connectivity index (χ4n) is 1.00. The van der Waals surface area contributed by atoms with Crippen molar-refractivity contribution >= 4 is 5.91 Å². The van der Waals surface area contributed by atoms with Crippen LogP contribution in [0.2, 0.25) is 0 Å². The topological polar surface area (TPSA) is 55.1 Å². The van der Waals surface area contributed by atoms with Crippen LogP contribution in [0.4, 0.5) is 0 Å². The number of nitrogens with two attached hydrogens (primary N) is 1. The molecule has 0 heterocycles. The van der Waals surface area contributed by atoms with Crippen LogP contribution in [-0.4, -0.2) is 17.5 Å². The predicted octanol–water partition coefficient (Wildman–Crippen LogP) is 1.42. The van der Waals surface area contributed by atoms with E-state index < -0.39 is 0 Å². The molecule has 13 heavy (non-hydrogen) atoms. The zero-order valence-electron chi connectivity index (χ0n) is 9.18. The fourth-order valence-corrected chi connectivity index (χ4v) is 1.00. The summed E-state index contributed by atoms with van der Waals surface area (Å²) in [4.78, 5) is 11.5. The molecule has 0 aromatic rings. The SMILES string of the molecule is CC[C@H](N)C(=O)NC(C)(CC)CC. The molecule has 0 aliphatic carbocycles. The molecule has 0 bridgehead atoms. The average Bonchev–Trinajstić information content (AvgIpc) is 2.16. The molecule has 0 saturated carbocycles. The molecule has 3 heteroatoms. The lowest BCUT2D eigenvalue weighted by atomic mass is 9.95. The average molecular weight is 186 g/mol. The number of rotatable bonds is 5. The molecule has 0 radical (unpaired) electrons. The van der Waals surface area contributed by atoms with Crippen LogP contribution in [0, 0.1) is 0 Å². The van der Waals surface area contributed by atoms with Crippen molar-refractivity contribution in [3.05, 3.63) is 0 Å². The Morgan fingerprint density at radius 1 is 1.38 bits per heavy atom. The fraction of sp³-hybridized carbons (Fsp3) is 0.900. The van der Waals surface area contributed by atoms with Gasteiger partial charge in [0.05, 0.1) is 6.04 Å². The largest absolute Gasteiger partial charge is 0.350 e. The Bertz CT molecular complexity index is 164. The normalized spacial score (nSPS) is 13.9. The first kappa shape index (κ1) is 12.4.